The smallest absolute Gasteiger partial charge is 0.176 e. The summed E-state index contributed by atoms with van der Waals surface area (Å²) in [5.41, 5.74) is 7.62. The van der Waals surface area contributed by atoms with Crippen LogP contribution in [0.5, 0.6) is 0 Å². The van der Waals surface area contributed by atoms with Gasteiger partial charge in [0, 0.05) is 0 Å². The summed E-state index contributed by atoms with van der Waals surface area (Å²) >= 11 is 0. The number of allylic oxidation sites excluding steroid dienone is 1. The average Bonchev–Trinajstić information content (AvgIpc) is 2.17. The van der Waals surface area contributed by atoms with Gasteiger partial charge in [-0.2, -0.15) is 0 Å². The van der Waals surface area contributed by atoms with Crippen molar-refractivity contribution in [3.63, 3.8) is 0 Å². The lowest BCUT2D eigenvalue weighted by Crippen LogP contribution is -2.19. The van der Waals surface area contributed by atoms with E-state index in [1.54, 1.807) is 6.08 Å². The van der Waals surface area contributed by atoms with E-state index in [0.717, 1.165) is 11.1 Å². The fourth-order valence-electron chi connectivity index (χ4n) is 1.20. The molecule has 0 aliphatic heterocycles. The Labute approximate surface area is 84.4 Å². The van der Waals surface area contributed by atoms with Gasteiger partial charge in [-0.3, -0.25) is 4.79 Å². The molecule has 0 spiro atoms. The summed E-state index contributed by atoms with van der Waals surface area (Å²) in [6, 6.07) is 8.85. The number of carbonyl (C=O) groups excluding carboxylic acids is 1. The Balaban J connectivity index is 2.81. The average molecular weight is 189 g/mol. The van der Waals surface area contributed by atoms with Crippen LogP contribution >= 0.6 is 0 Å². The lowest BCUT2D eigenvalue weighted by atomic mass is 10.0. The Morgan fingerprint density at radius 2 is 1.86 bits per heavy atom. The zero-order chi connectivity index (χ0) is 10.6. The quantitative estimate of drug-likeness (QED) is 0.741. The Hall–Kier alpha value is -1.41. The maximum absolute atomic E-state index is 11.6. The number of hydrogen-bond donors (Lipinski definition) is 1. The molecule has 1 aromatic rings. The number of hydrogen-bond acceptors (Lipinski definition) is 2. The maximum atomic E-state index is 11.6. The highest BCUT2D eigenvalue weighted by molar-refractivity contribution is 5.95. The molecule has 74 valence electrons. The van der Waals surface area contributed by atoms with Crippen LogP contribution in [-0.4, -0.2) is 5.78 Å². The largest absolute Gasteiger partial charge is 0.318 e. The molecule has 0 aliphatic rings. The number of carbonyl (C=O) groups is 1. The molecule has 1 rings (SSSR count). The van der Waals surface area contributed by atoms with Crippen LogP contribution in [0.2, 0.25) is 0 Å². The first kappa shape index (κ1) is 10.7. The van der Waals surface area contributed by atoms with E-state index in [1.807, 2.05) is 44.2 Å². The molecule has 14 heavy (non-hydrogen) atoms. The molecule has 1 atom stereocenters. The summed E-state index contributed by atoms with van der Waals surface area (Å²) in [6.45, 7) is 3.77. The number of benzene rings is 1. The summed E-state index contributed by atoms with van der Waals surface area (Å²) in [7, 11) is 0. The Morgan fingerprint density at radius 3 is 2.36 bits per heavy atom. The Kier molecular flexibility index (Phi) is 3.60. The van der Waals surface area contributed by atoms with Crippen molar-refractivity contribution < 1.29 is 4.79 Å². The number of ketones is 1. The van der Waals surface area contributed by atoms with Gasteiger partial charge in [0.2, 0.25) is 0 Å². The Bertz CT molecular complexity index is 337. The monoisotopic (exact) mass is 189 g/mol. The van der Waals surface area contributed by atoms with Crippen molar-refractivity contribution in [2.24, 2.45) is 5.73 Å². The highest BCUT2D eigenvalue weighted by atomic mass is 16.1. The minimum absolute atomic E-state index is 0.0452. The van der Waals surface area contributed by atoms with Crippen LogP contribution in [0, 0.1) is 0 Å². The van der Waals surface area contributed by atoms with E-state index in [-0.39, 0.29) is 5.78 Å². The summed E-state index contributed by atoms with van der Waals surface area (Å²) in [4.78, 5) is 11.6. The second kappa shape index (κ2) is 4.72. The number of rotatable bonds is 3. The molecule has 0 fully saturated rings. The predicted octanol–water partition coefficient (Wildman–Crippen LogP) is 2.22. The molecule has 0 unspecified atom stereocenters. The zero-order valence-electron chi connectivity index (χ0n) is 8.53. The molecule has 0 saturated carbocycles. The zero-order valence-corrected chi connectivity index (χ0v) is 8.53. The van der Waals surface area contributed by atoms with Gasteiger partial charge >= 0.3 is 0 Å². The summed E-state index contributed by atoms with van der Waals surface area (Å²) in [5.74, 6) is -0.0452. The lowest BCUT2D eigenvalue weighted by Gasteiger charge is -2.07. The van der Waals surface area contributed by atoms with Crippen molar-refractivity contribution in [1.29, 1.82) is 0 Å². The van der Waals surface area contributed by atoms with Gasteiger partial charge in [0.05, 0.1) is 6.04 Å². The molecule has 0 aliphatic carbocycles. The highest BCUT2D eigenvalue weighted by Crippen LogP contribution is 2.11. The van der Waals surface area contributed by atoms with Gasteiger partial charge in [-0.25, -0.2) is 0 Å². The standard InChI is InChI=1S/C12H15NO/c1-9(2)8-11(14)12(13)10-6-4-3-5-7-10/h3-8,12H,13H2,1-2H3/t12-/m1/s1. The van der Waals surface area contributed by atoms with Gasteiger partial charge in [-0.15, -0.1) is 0 Å². The van der Waals surface area contributed by atoms with Gasteiger partial charge in [-0.1, -0.05) is 35.9 Å². The van der Waals surface area contributed by atoms with E-state index in [0.29, 0.717) is 0 Å². The summed E-state index contributed by atoms with van der Waals surface area (Å²) in [6.07, 6.45) is 1.58. The van der Waals surface area contributed by atoms with Gasteiger partial charge in [-0.05, 0) is 25.5 Å². The fraction of sp³-hybridized carbons (Fsp3) is 0.250. The van der Waals surface area contributed by atoms with Crippen LogP contribution in [-0.2, 0) is 4.79 Å². The van der Waals surface area contributed by atoms with Crippen LogP contribution < -0.4 is 5.73 Å². The fourth-order valence-corrected chi connectivity index (χ4v) is 1.20. The predicted molar refractivity (Wildman–Crippen MR) is 57.8 cm³/mol. The first-order chi connectivity index (χ1) is 6.61. The van der Waals surface area contributed by atoms with Gasteiger partial charge < -0.3 is 5.73 Å². The molecular weight excluding hydrogens is 174 g/mol. The molecule has 2 N–H and O–H groups in total. The second-order valence-corrected chi connectivity index (χ2v) is 3.51. The third-order valence-corrected chi connectivity index (χ3v) is 1.90. The normalized spacial score (nSPS) is 11.9. The maximum Gasteiger partial charge on any atom is 0.176 e. The third-order valence-electron chi connectivity index (χ3n) is 1.90. The SMILES string of the molecule is CC(C)=CC(=O)[C@H](N)c1ccccc1. The minimum atomic E-state index is -0.536. The Morgan fingerprint density at radius 1 is 1.29 bits per heavy atom. The molecule has 1 aromatic carbocycles. The lowest BCUT2D eigenvalue weighted by molar-refractivity contribution is -0.115. The topological polar surface area (TPSA) is 43.1 Å². The van der Waals surface area contributed by atoms with Crippen molar-refractivity contribution in [3.8, 4) is 0 Å². The van der Waals surface area contributed by atoms with Crippen LogP contribution in [0.25, 0.3) is 0 Å². The van der Waals surface area contributed by atoms with Gasteiger partial charge in [0.1, 0.15) is 0 Å². The van der Waals surface area contributed by atoms with E-state index in [2.05, 4.69) is 0 Å². The molecule has 2 nitrogen and oxygen atoms in total. The molecule has 0 aromatic heterocycles. The minimum Gasteiger partial charge on any atom is -0.318 e. The molecule has 0 saturated heterocycles. The van der Waals surface area contributed by atoms with E-state index >= 15 is 0 Å². The van der Waals surface area contributed by atoms with Crippen molar-refractivity contribution >= 4 is 5.78 Å². The molecule has 0 bridgehead atoms. The van der Waals surface area contributed by atoms with E-state index in [4.69, 9.17) is 5.73 Å². The van der Waals surface area contributed by atoms with Gasteiger partial charge in [0.25, 0.3) is 0 Å². The van der Waals surface area contributed by atoms with Crippen LogP contribution in [0.4, 0.5) is 0 Å². The highest BCUT2D eigenvalue weighted by Gasteiger charge is 2.12. The van der Waals surface area contributed by atoms with Gasteiger partial charge in [0.15, 0.2) is 5.78 Å². The second-order valence-electron chi connectivity index (χ2n) is 3.51. The summed E-state index contributed by atoms with van der Waals surface area (Å²) < 4.78 is 0. The molecular formula is C12H15NO. The third kappa shape index (κ3) is 2.82. The van der Waals surface area contributed by atoms with Crippen molar-refractivity contribution in [1.82, 2.24) is 0 Å². The summed E-state index contributed by atoms with van der Waals surface area (Å²) in [5, 5.41) is 0. The van der Waals surface area contributed by atoms with E-state index in [1.165, 1.54) is 0 Å². The first-order valence-corrected chi connectivity index (χ1v) is 4.60. The van der Waals surface area contributed by atoms with Crippen LogP contribution in [0.3, 0.4) is 0 Å². The molecule has 2 heteroatoms. The molecule has 0 radical (unpaired) electrons. The van der Waals surface area contributed by atoms with E-state index < -0.39 is 6.04 Å². The first-order valence-electron chi connectivity index (χ1n) is 4.60. The van der Waals surface area contributed by atoms with Crippen LogP contribution in [0.1, 0.15) is 25.5 Å². The molecule has 0 heterocycles. The number of nitrogens with two attached hydrogens (primary N) is 1. The van der Waals surface area contributed by atoms with Crippen molar-refractivity contribution in [2.45, 2.75) is 19.9 Å². The molecule has 0 amide bonds. The van der Waals surface area contributed by atoms with Crippen molar-refractivity contribution in [3.05, 3.63) is 47.5 Å². The van der Waals surface area contributed by atoms with Crippen LogP contribution in [0.15, 0.2) is 42.0 Å². The van der Waals surface area contributed by atoms with Crippen molar-refractivity contribution in [2.75, 3.05) is 0 Å². The van der Waals surface area contributed by atoms with E-state index in [9.17, 15) is 4.79 Å².